The van der Waals surface area contributed by atoms with Crippen LogP contribution in [-0.4, -0.2) is 41.1 Å². The number of esters is 1. The van der Waals surface area contributed by atoms with Gasteiger partial charge in [0.15, 0.2) is 11.5 Å². The van der Waals surface area contributed by atoms with E-state index in [-0.39, 0.29) is 6.61 Å². The van der Waals surface area contributed by atoms with Crippen LogP contribution in [0, 0.1) is 0 Å². The maximum atomic E-state index is 13.2. The third-order valence-corrected chi connectivity index (χ3v) is 7.80. The summed E-state index contributed by atoms with van der Waals surface area (Å²) in [4.78, 5) is 17.9. The Balaban J connectivity index is 1.74. The molecule has 0 radical (unpaired) electrons. The number of aromatic nitrogens is 3. The fourth-order valence-corrected chi connectivity index (χ4v) is 5.78. The molecule has 0 aliphatic carbocycles. The maximum absolute atomic E-state index is 13.2. The number of thioether (sulfide) groups is 1. The Labute approximate surface area is 240 Å². The van der Waals surface area contributed by atoms with Crippen LogP contribution >= 0.6 is 39.3 Å². The quantitative estimate of drug-likeness (QED) is 0.139. The van der Waals surface area contributed by atoms with Gasteiger partial charge in [-0.1, -0.05) is 54.9 Å². The third kappa shape index (κ3) is 6.13. The van der Waals surface area contributed by atoms with Crippen LogP contribution in [0.3, 0.4) is 0 Å². The van der Waals surface area contributed by atoms with Crippen molar-refractivity contribution in [2.24, 2.45) is 0 Å². The van der Waals surface area contributed by atoms with Crippen molar-refractivity contribution in [3.63, 3.8) is 0 Å². The highest BCUT2D eigenvalue weighted by Crippen LogP contribution is 2.43. The Morgan fingerprint density at radius 3 is 2.76 bits per heavy atom. The number of unbranched alkanes of at least 4 members (excludes halogenated alkanes) is 1. The van der Waals surface area contributed by atoms with Crippen LogP contribution < -0.4 is 14.8 Å². The summed E-state index contributed by atoms with van der Waals surface area (Å²) in [6.07, 6.45) is 1.95. The van der Waals surface area contributed by atoms with Crippen LogP contribution in [0.1, 0.15) is 50.8 Å². The lowest BCUT2D eigenvalue weighted by Gasteiger charge is -2.28. The Bertz CT molecular complexity index is 1350. The lowest BCUT2D eigenvalue weighted by atomic mass is 9.95. The summed E-state index contributed by atoms with van der Waals surface area (Å²) in [5.41, 5.74) is 2.86. The molecule has 2 aromatic carbocycles. The van der Waals surface area contributed by atoms with Crippen molar-refractivity contribution in [2.75, 3.05) is 25.6 Å². The predicted octanol–water partition coefficient (Wildman–Crippen LogP) is 7.03. The van der Waals surface area contributed by atoms with Gasteiger partial charge in [-0.15, -0.1) is 5.10 Å². The van der Waals surface area contributed by atoms with Gasteiger partial charge in [-0.05, 0) is 65.5 Å². The van der Waals surface area contributed by atoms with Crippen molar-refractivity contribution in [2.45, 2.75) is 50.6 Å². The molecule has 4 rings (SSSR count). The third-order valence-electron chi connectivity index (χ3n) is 5.95. The summed E-state index contributed by atoms with van der Waals surface area (Å²) in [5, 5.41) is 9.26. The average Bonchev–Trinajstić information content (AvgIpc) is 3.30. The van der Waals surface area contributed by atoms with Gasteiger partial charge in [0.1, 0.15) is 6.04 Å². The van der Waals surface area contributed by atoms with E-state index in [0.29, 0.717) is 51.3 Å². The van der Waals surface area contributed by atoms with Crippen molar-refractivity contribution in [3.8, 4) is 11.5 Å². The zero-order chi connectivity index (χ0) is 27.2. The lowest BCUT2D eigenvalue weighted by molar-refractivity contribution is -0.139. The van der Waals surface area contributed by atoms with E-state index in [1.807, 2.05) is 43.3 Å². The van der Waals surface area contributed by atoms with Crippen molar-refractivity contribution >= 4 is 51.2 Å². The molecule has 0 fully saturated rings. The molecule has 0 amide bonds. The van der Waals surface area contributed by atoms with Gasteiger partial charge in [0.05, 0.1) is 30.4 Å². The van der Waals surface area contributed by atoms with E-state index >= 15 is 0 Å². The molecule has 8 nitrogen and oxygen atoms in total. The molecule has 1 unspecified atom stereocenters. The largest absolute Gasteiger partial charge is 0.493 e. The van der Waals surface area contributed by atoms with Crippen LogP contribution in [0.15, 0.2) is 57.3 Å². The van der Waals surface area contributed by atoms with Gasteiger partial charge in [-0.2, -0.15) is 4.98 Å². The second kappa shape index (κ2) is 12.9. The Morgan fingerprint density at radius 1 is 1.26 bits per heavy atom. The molecule has 0 saturated carbocycles. The fraction of sp³-hybridized carbons (Fsp3) is 0.370. The SMILES string of the molecule is CCCCOc1c(Br)cc(C2C(C(=O)OCC)=C(C)Nc3nc(SCc4ccccc4Cl)nn32)cc1OC. The van der Waals surface area contributed by atoms with E-state index in [0.717, 1.165) is 28.4 Å². The topological polar surface area (TPSA) is 87.5 Å². The molecule has 1 aliphatic heterocycles. The minimum atomic E-state index is -0.595. The number of methoxy groups -OCH3 is 1. The number of anilines is 1. The first-order chi connectivity index (χ1) is 18.4. The lowest BCUT2D eigenvalue weighted by Crippen LogP contribution is -2.29. The molecule has 38 heavy (non-hydrogen) atoms. The van der Waals surface area contributed by atoms with E-state index in [9.17, 15) is 4.79 Å². The number of ether oxygens (including phenoxy) is 3. The fourth-order valence-electron chi connectivity index (χ4n) is 4.09. The molecule has 1 aromatic heterocycles. The van der Waals surface area contributed by atoms with Gasteiger partial charge >= 0.3 is 5.97 Å². The van der Waals surface area contributed by atoms with Gasteiger partial charge < -0.3 is 19.5 Å². The minimum absolute atomic E-state index is 0.253. The van der Waals surface area contributed by atoms with Gasteiger partial charge in [-0.25, -0.2) is 9.48 Å². The van der Waals surface area contributed by atoms with Crippen LogP contribution in [0.25, 0.3) is 0 Å². The van der Waals surface area contributed by atoms with E-state index in [4.69, 9.17) is 35.9 Å². The van der Waals surface area contributed by atoms with E-state index in [1.54, 1.807) is 18.7 Å². The van der Waals surface area contributed by atoms with Gasteiger partial charge in [0, 0.05) is 16.5 Å². The average molecular weight is 622 g/mol. The molecule has 1 aliphatic rings. The molecule has 0 spiro atoms. The first kappa shape index (κ1) is 28.3. The monoisotopic (exact) mass is 620 g/mol. The second-order valence-electron chi connectivity index (χ2n) is 8.57. The molecular weight excluding hydrogens is 592 g/mol. The van der Waals surface area contributed by atoms with Crippen molar-refractivity contribution in [1.29, 1.82) is 0 Å². The van der Waals surface area contributed by atoms with E-state index < -0.39 is 12.0 Å². The maximum Gasteiger partial charge on any atom is 0.338 e. The molecular formula is C27H30BrClN4O4S. The smallest absolute Gasteiger partial charge is 0.338 e. The Hall–Kier alpha value is -2.69. The number of halogens is 2. The summed E-state index contributed by atoms with van der Waals surface area (Å²) in [7, 11) is 1.60. The Kier molecular flexibility index (Phi) is 9.62. The summed E-state index contributed by atoms with van der Waals surface area (Å²) in [6.45, 7) is 6.55. The highest BCUT2D eigenvalue weighted by atomic mass is 79.9. The van der Waals surface area contributed by atoms with Crippen LogP contribution in [-0.2, 0) is 15.3 Å². The number of hydrogen-bond donors (Lipinski definition) is 1. The molecule has 1 N–H and O–H groups in total. The van der Waals surface area contributed by atoms with Gasteiger partial charge in [0.25, 0.3) is 0 Å². The molecule has 3 aromatic rings. The zero-order valence-electron chi connectivity index (χ0n) is 21.7. The van der Waals surface area contributed by atoms with Crippen molar-refractivity contribution in [3.05, 3.63) is 68.3 Å². The minimum Gasteiger partial charge on any atom is -0.493 e. The molecule has 0 bridgehead atoms. The summed E-state index contributed by atoms with van der Waals surface area (Å²) in [6, 6.07) is 10.9. The number of carbonyl (C=O) groups excluding carboxylic acids is 1. The standard InChI is InChI=1S/C27H30BrClN4O4S/c1-5-7-12-37-24-19(28)13-18(14-21(24)35-4)23-22(25(34)36-6-2)16(3)30-26-31-27(32-33(23)26)38-15-17-10-8-9-11-20(17)29/h8-11,13-14,23H,5-7,12,15H2,1-4H3,(H,30,31,32). The van der Waals surface area contributed by atoms with Crippen LogP contribution in [0.4, 0.5) is 5.95 Å². The first-order valence-electron chi connectivity index (χ1n) is 12.4. The predicted molar refractivity (Wildman–Crippen MR) is 153 cm³/mol. The highest BCUT2D eigenvalue weighted by Gasteiger charge is 2.36. The highest BCUT2D eigenvalue weighted by molar-refractivity contribution is 9.10. The number of fused-ring (bicyclic) bond motifs is 1. The summed E-state index contributed by atoms with van der Waals surface area (Å²) >= 11 is 11.5. The van der Waals surface area contributed by atoms with Gasteiger partial charge in [0.2, 0.25) is 11.1 Å². The normalized spacial score (nSPS) is 14.6. The molecule has 1 atom stereocenters. The van der Waals surface area contributed by atoms with Crippen molar-refractivity contribution < 1.29 is 19.0 Å². The zero-order valence-corrected chi connectivity index (χ0v) is 24.9. The van der Waals surface area contributed by atoms with Gasteiger partial charge in [-0.3, -0.25) is 0 Å². The second-order valence-corrected chi connectivity index (χ2v) is 10.8. The number of benzene rings is 2. The molecule has 11 heteroatoms. The van der Waals surface area contributed by atoms with E-state index in [1.165, 1.54) is 11.8 Å². The number of nitrogens with one attached hydrogen (secondary N) is 1. The molecule has 2 heterocycles. The number of allylic oxidation sites excluding steroid dienone is 1. The number of rotatable bonds is 11. The summed E-state index contributed by atoms with van der Waals surface area (Å²) < 4.78 is 19.6. The summed E-state index contributed by atoms with van der Waals surface area (Å²) in [5.74, 6) is 1.88. The number of nitrogens with zero attached hydrogens (tertiary/aromatic N) is 3. The van der Waals surface area contributed by atoms with Crippen LogP contribution in [0.2, 0.25) is 5.02 Å². The number of hydrogen-bond acceptors (Lipinski definition) is 8. The van der Waals surface area contributed by atoms with Crippen LogP contribution in [0.5, 0.6) is 11.5 Å². The molecule has 0 saturated heterocycles. The molecule has 202 valence electrons. The van der Waals surface area contributed by atoms with E-state index in [2.05, 4.69) is 28.2 Å². The first-order valence-corrected chi connectivity index (χ1v) is 14.5. The Morgan fingerprint density at radius 2 is 2.05 bits per heavy atom. The van der Waals surface area contributed by atoms with Crippen molar-refractivity contribution in [1.82, 2.24) is 14.8 Å². The number of carbonyl (C=O) groups is 1.